The summed E-state index contributed by atoms with van der Waals surface area (Å²) in [5.41, 5.74) is 3.87. The number of hydrogen-bond acceptors (Lipinski definition) is 4. The van der Waals surface area contributed by atoms with Crippen LogP contribution in [0.15, 0.2) is 46.0 Å². The molecule has 0 spiro atoms. The molecular formula is C20H18ClN5OS. The maximum atomic E-state index is 12.6. The van der Waals surface area contributed by atoms with E-state index in [9.17, 15) is 4.79 Å². The molecule has 2 aliphatic rings. The number of para-hydroxylation sites is 1. The molecule has 4 rings (SSSR count). The molecule has 0 fully saturated rings. The fourth-order valence-corrected chi connectivity index (χ4v) is 4.31. The fraction of sp³-hybridized carbons (Fsp3) is 0.200. The smallest absolute Gasteiger partial charge is 0.283 e. The van der Waals surface area contributed by atoms with Crippen LogP contribution in [0.1, 0.15) is 30.3 Å². The number of nitrogens with one attached hydrogen (secondary N) is 1. The maximum absolute atomic E-state index is 12.6. The lowest BCUT2D eigenvalue weighted by Gasteiger charge is -2.20. The number of hydrazone groups is 1. The fourth-order valence-electron chi connectivity index (χ4n) is 3.27. The van der Waals surface area contributed by atoms with Crippen molar-refractivity contribution >= 4 is 51.4 Å². The van der Waals surface area contributed by atoms with E-state index in [0.29, 0.717) is 10.2 Å². The average Bonchev–Trinajstić information content (AvgIpc) is 3.20. The molecule has 1 aromatic heterocycles. The zero-order chi connectivity index (χ0) is 20.0. The topological polar surface area (TPSA) is 73.8 Å². The first kappa shape index (κ1) is 18.7. The maximum Gasteiger partial charge on any atom is 0.283 e. The highest BCUT2D eigenvalue weighted by Crippen LogP contribution is 2.31. The molecule has 1 aromatic carbocycles. The molecule has 8 heteroatoms. The van der Waals surface area contributed by atoms with Crippen molar-refractivity contribution in [2.24, 2.45) is 10.1 Å². The molecule has 3 heterocycles. The van der Waals surface area contributed by atoms with Gasteiger partial charge in [-0.2, -0.15) is 15.1 Å². The predicted octanol–water partition coefficient (Wildman–Crippen LogP) is 4.78. The quantitative estimate of drug-likeness (QED) is 0.739. The summed E-state index contributed by atoms with van der Waals surface area (Å²) >= 11 is 7.71. The molecule has 6 nitrogen and oxygen atoms in total. The Morgan fingerprint density at radius 3 is 2.75 bits per heavy atom. The molecule has 142 valence electrons. The minimum atomic E-state index is -0.418. The van der Waals surface area contributed by atoms with Gasteiger partial charge in [-0.3, -0.25) is 10.2 Å². The molecule has 1 amide bonds. The highest BCUT2D eigenvalue weighted by molar-refractivity contribution is 8.26. The number of benzene rings is 1. The summed E-state index contributed by atoms with van der Waals surface area (Å²) in [5, 5.41) is 16.2. The van der Waals surface area contributed by atoms with Crippen molar-refractivity contribution in [2.45, 2.75) is 27.2 Å². The lowest BCUT2D eigenvalue weighted by Crippen LogP contribution is -2.35. The molecule has 0 bridgehead atoms. The van der Waals surface area contributed by atoms with Crippen molar-refractivity contribution in [1.29, 1.82) is 5.41 Å². The van der Waals surface area contributed by atoms with Crippen LogP contribution in [0, 0.1) is 19.3 Å². The van der Waals surface area contributed by atoms with E-state index in [-0.39, 0.29) is 11.4 Å². The molecule has 0 saturated carbocycles. The van der Waals surface area contributed by atoms with Crippen molar-refractivity contribution in [3.63, 3.8) is 0 Å². The van der Waals surface area contributed by atoms with Crippen LogP contribution in [0.3, 0.4) is 0 Å². The summed E-state index contributed by atoms with van der Waals surface area (Å²) in [6, 6.07) is 9.60. The van der Waals surface area contributed by atoms with Gasteiger partial charge < -0.3 is 4.57 Å². The Kier molecular flexibility index (Phi) is 4.72. The Morgan fingerprint density at radius 2 is 2.04 bits per heavy atom. The van der Waals surface area contributed by atoms with Gasteiger partial charge in [-0.05, 0) is 61.9 Å². The Balaban J connectivity index is 1.78. The van der Waals surface area contributed by atoms with Crippen LogP contribution < -0.4 is 0 Å². The standard InChI is InChI=1S/C20H18ClN5OS/c1-4-17-24-26-18(22)14(19(27)23-20(26)28-17)10-13-9-11(2)25(12(13)3)16-8-6-5-7-15(16)21/h5-10,22H,4H2,1-3H3. The van der Waals surface area contributed by atoms with E-state index in [2.05, 4.69) is 10.1 Å². The predicted molar refractivity (Wildman–Crippen MR) is 116 cm³/mol. The summed E-state index contributed by atoms with van der Waals surface area (Å²) in [4.78, 5) is 16.7. The molecule has 0 unspecified atom stereocenters. The third-order valence-corrected chi connectivity index (χ3v) is 6.03. The Morgan fingerprint density at radius 1 is 1.29 bits per heavy atom. The summed E-state index contributed by atoms with van der Waals surface area (Å²) in [6.45, 7) is 5.93. The number of aryl methyl sites for hydroxylation is 1. The Bertz CT molecular complexity index is 1110. The van der Waals surface area contributed by atoms with Crippen molar-refractivity contribution in [3.8, 4) is 5.69 Å². The van der Waals surface area contributed by atoms with Crippen LogP contribution in [-0.2, 0) is 4.79 Å². The van der Waals surface area contributed by atoms with E-state index in [1.807, 2.05) is 55.7 Å². The first-order chi connectivity index (χ1) is 13.4. The van der Waals surface area contributed by atoms with Gasteiger partial charge in [0, 0.05) is 11.4 Å². The van der Waals surface area contributed by atoms with Gasteiger partial charge in [0.15, 0.2) is 5.84 Å². The average molecular weight is 412 g/mol. The molecule has 2 aromatic rings. The van der Waals surface area contributed by atoms with Gasteiger partial charge in [0.2, 0.25) is 5.17 Å². The third-order valence-electron chi connectivity index (χ3n) is 4.66. The van der Waals surface area contributed by atoms with Gasteiger partial charge in [-0.15, -0.1) is 0 Å². The number of fused-ring (bicyclic) bond motifs is 1. The van der Waals surface area contributed by atoms with Crippen molar-refractivity contribution in [2.75, 3.05) is 0 Å². The first-order valence-electron chi connectivity index (χ1n) is 8.83. The van der Waals surface area contributed by atoms with Crippen LogP contribution in [0.2, 0.25) is 5.02 Å². The van der Waals surface area contributed by atoms with E-state index < -0.39 is 5.91 Å². The monoisotopic (exact) mass is 411 g/mol. The number of aromatic nitrogens is 1. The Labute approximate surface area is 172 Å². The second kappa shape index (κ2) is 7.07. The number of nitrogens with zero attached hydrogens (tertiary/aromatic N) is 4. The number of amides is 1. The lowest BCUT2D eigenvalue weighted by molar-refractivity contribution is -0.114. The summed E-state index contributed by atoms with van der Waals surface area (Å²) < 4.78 is 2.04. The van der Waals surface area contributed by atoms with Crippen LogP contribution in [0.4, 0.5) is 0 Å². The minimum absolute atomic E-state index is 0.0495. The Hall–Kier alpha value is -2.64. The number of rotatable bonds is 3. The number of carbonyl (C=O) groups excluding carboxylic acids is 1. The van der Waals surface area contributed by atoms with Crippen LogP contribution in [0.5, 0.6) is 0 Å². The number of thioether (sulfide) groups is 1. The van der Waals surface area contributed by atoms with Gasteiger partial charge >= 0.3 is 0 Å². The number of carbonyl (C=O) groups is 1. The van der Waals surface area contributed by atoms with Gasteiger partial charge in [-0.1, -0.05) is 30.7 Å². The SMILES string of the molecule is CCC1=NN2C(=N)C(=Cc3cc(C)n(-c4ccccc4Cl)c3C)C(=O)N=C2S1. The van der Waals surface area contributed by atoms with Crippen molar-refractivity contribution < 1.29 is 4.79 Å². The largest absolute Gasteiger partial charge is 0.316 e. The molecule has 0 radical (unpaired) electrons. The van der Waals surface area contributed by atoms with E-state index in [1.54, 1.807) is 6.08 Å². The minimum Gasteiger partial charge on any atom is -0.316 e. The van der Waals surface area contributed by atoms with Gasteiger partial charge in [-0.25, -0.2) is 0 Å². The molecule has 0 aliphatic carbocycles. The second-order valence-electron chi connectivity index (χ2n) is 6.48. The molecule has 0 saturated heterocycles. The van der Waals surface area contributed by atoms with Gasteiger partial charge in [0.25, 0.3) is 5.91 Å². The summed E-state index contributed by atoms with van der Waals surface area (Å²) in [5.74, 6) is -0.368. The van der Waals surface area contributed by atoms with E-state index in [1.165, 1.54) is 16.8 Å². The normalized spacial score (nSPS) is 17.9. The van der Waals surface area contributed by atoms with Crippen molar-refractivity contribution in [3.05, 3.63) is 57.9 Å². The zero-order valence-corrected chi connectivity index (χ0v) is 17.2. The molecule has 1 N–H and O–H groups in total. The number of hydrogen-bond donors (Lipinski definition) is 1. The van der Waals surface area contributed by atoms with Gasteiger partial charge in [0.1, 0.15) is 5.04 Å². The van der Waals surface area contributed by atoms with E-state index in [0.717, 1.165) is 34.1 Å². The summed E-state index contributed by atoms with van der Waals surface area (Å²) in [6.07, 6.45) is 2.45. The van der Waals surface area contributed by atoms with Crippen molar-refractivity contribution in [1.82, 2.24) is 9.58 Å². The molecular weight excluding hydrogens is 394 g/mol. The first-order valence-corrected chi connectivity index (χ1v) is 10.0. The highest BCUT2D eigenvalue weighted by Gasteiger charge is 2.35. The van der Waals surface area contributed by atoms with Gasteiger partial charge in [0.05, 0.1) is 16.3 Å². The van der Waals surface area contributed by atoms with Crippen LogP contribution in [-0.4, -0.2) is 31.5 Å². The third kappa shape index (κ3) is 3.00. The second-order valence-corrected chi connectivity index (χ2v) is 7.93. The lowest BCUT2D eigenvalue weighted by atomic mass is 10.1. The van der Waals surface area contributed by atoms with E-state index >= 15 is 0 Å². The van der Waals surface area contributed by atoms with Crippen LogP contribution in [0.25, 0.3) is 11.8 Å². The molecule has 0 atom stereocenters. The van der Waals surface area contributed by atoms with Crippen LogP contribution >= 0.6 is 23.4 Å². The van der Waals surface area contributed by atoms with E-state index in [4.69, 9.17) is 17.0 Å². The molecule has 2 aliphatic heterocycles. The number of amidine groups is 2. The number of halogens is 1. The molecule has 28 heavy (non-hydrogen) atoms. The number of aliphatic imine (C=N–C) groups is 1. The zero-order valence-electron chi connectivity index (χ0n) is 15.7. The highest BCUT2D eigenvalue weighted by atomic mass is 35.5. The summed E-state index contributed by atoms with van der Waals surface area (Å²) in [7, 11) is 0.